The molecular weight excluding hydrogens is 252 g/mol. The second kappa shape index (κ2) is 6.58. The Hall–Kier alpha value is -2.54. The van der Waals surface area contributed by atoms with Crippen molar-refractivity contribution in [3.63, 3.8) is 0 Å². The van der Waals surface area contributed by atoms with E-state index in [1.165, 1.54) is 0 Å². The summed E-state index contributed by atoms with van der Waals surface area (Å²) in [7, 11) is 0. The number of rotatable bonds is 3. The summed E-state index contributed by atoms with van der Waals surface area (Å²) < 4.78 is 5.02. The highest BCUT2D eigenvalue weighted by Crippen LogP contribution is 2.12. The largest absolute Gasteiger partial charge is 0.361 e. The zero-order chi connectivity index (χ0) is 14.4. The molecule has 1 heterocycles. The van der Waals surface area contributed by atoms with Gasteiger partial charge in [0, 0.05) is 11.1 Å². The zero-order valence-electron chi connectivity index (χ0n) is 11.6. The van der Waals surface area contributed by atoms with Gasteiger partial charge in [0.2, 0.25) is 5.91 Å². The average Bonchev–Trinajstić information content (AvgIpc) is 2.77. The molecule has 0 saturated carbocycles. The number of carbonyl (C=O) groups excluding carboxylic acids is 1. The number of hydrogen-bond donors (Lipinski definition) is 1. The zero-order valence-corrected chi connectivity index (χ0v) is 11.6. The molecule has 1 N–H and O–H groups in total. The van der Waals surface area contributed by atoms with E-state index in [-0.39, 0.29) is 12.3 Å². The first-order chi connectivity index (χ1) is 9.66. The minimum Gasteiger partial charge on any atom is -0.361 e. The van der Waals surface area contributed by atoms with E-state index >= 15 is 0 Å². The highest BCUT2D eigenvalue weighted by Gasteiger charge is 2.12. The van der Waals surface area contributed by atoms with Crippen LogP contribution >= 0.6 is 0 Å². The topological polar surface area (TPSA) is 55.1 Å². The molecule has 0 aliphatic rings. The number of benzene rings is 1. The smallest absolute Gasteiger partial charge is 0.225 e. The number of nitrogens with zero attached hydrogens (tertiary/aromatic N) is 1. The van der Waals surface area contributed by atoms with Crippen LogP contribution in [-0.2, 0) is 11.2 Å². The van der Waals surface area contributed by atoms with Crippen molar-refractivity contribution in [3.05, 3.63) is 52.9 Å². The summed E-state index contributed by atoms with van der Waals surface area (Å²) in [6.07, 6.45) is 0.272. The quantitative estimate of drug-likeness (QED) is 0.866. The lowest BCUT2D eigenvalue weighted by molar-refractivity contribution is -0.120. The van der Waals surface area contributed by atoms with Gasteiger partial charge in [0.25, 0.3) is 0 Å². The summed E-state index contributed by atoms with van der Waals surface area (Å²) in [6, 6.07) is 9.66. The van der Waals surface area contributed by atoms with Gasteiger partial charge in [0.05, 0.1) is 18.7 Å². The van der Waals surface area contributed by atoms with Crippen LogP contribution in [0.3, 0.4) is 0 Å². The lowest BCUT2D eigenvalue weighted by Crippen LogP contribution is -2.25. The van der Waals surface area contributed by atoms with Crippen molar-refractivity contribution < 1.29 is 9.32 Å². The Kier molecular flexibility index (Phi) is 4.56. The van der Waals surface area contributed by atoms with Crippen LogP contribution < -0.4 is 5.32 Å². The number of amides is 1. The fourth-order valence-electron chi connectivity index (χ4n) is 1.79. The molecule has 2 rings (SSSR count). The molecule has 0 bridgehead atoms. The van der Waals surface area contributed by atoms with Crippen molar-refractivity contribution in [3.8, 4) is 11.8 Å². The van der Waals surface area contributed by atoms with Gasteiger partial charge in [0.1, 0.15) is 5.76 Å². The predicted octanol–water partition coefficient (Wildman–Crippen LogP) is 2.00. The molecule has 0 unspecified atom stereocenters. The van der Waals surface area contributed by atoms with Gasteiger partial charge >= 0.3 is 0 Å². The van der Waals surface area contributed by atoms with E-state index in [0.717, 1.165) is 16.8 Å². The van der Waals surface area contributed by atoms with Gasteiger partial charge in [-0.1, -0.05) is 35.2 Å². The summed E-state index contributed by atoms with van der Waals surface area (Å²) in [6.45, 7) is 3.96. The Morgan fingerprint density at radius 1 is 1.30 bits per heavy atom. The molecule has 1 amide bonds. The predicted molar refractivity (Wildman–Crippen MR) is 76.0 cm³/mol. The van der Waals surface area contributed by atoms with Crippen LogP contribution in [0.5, 0.6) is 0 Å². The van der Waals surface area contributed by atoms with Gasteiger partial charge in [-0.25, -0.2) is 0 Å². The summed E-state index contributed by atoms with van der Waals surface area (Å²) in [5, 5.41) is 6.59. The van der Waals surface area contributed by atoms with E-state index in [1.54, 1.807) is 6.92 Å². The van der Waals surface area contributed by atoms with E-state index in [1.807, 2.05) is 37.3 Å². The van der Waals surface area contributed by atoms with Crippen molar-refractivity contribution in [2.45, 2.75) is 20.3 Å². The fraction of sp³-hybridized carbons (Fsp3) is 0.250. The number of aromatic nitrogens is 1. The van der Waals surface area contributed by atoms with E-state index in [2.05, 4.69) is 22.3 Å². The maximum atomic E-state index is 11.8. The minimum absolute atomic E-state index is 0.0817. The van der Waals surface area contributed by atoms with Crippen molar-refractivity contribution in [2.75, 3.05) is 6.54 Å². The van der Waals surface area contributed by atoms with Crippen molar-refractivity contribution in [2.24, 2.45) is 0 Å². The lowest BCUT2D eigenvalue weighted by atomic mass is 10.1. The molecule has 0 radical (unpaired) electrons. The number of carbonyl (C=O) groups is 1. The standard InChI is InChI=1S/C16H16N2O2/c1-12-15(13(2)20-18-12)11-16(19)17-10-6-9-14-7-4-3-5-8-14/h3-5,7-8H,10-11H2,1-2H3,(H,17,19). The van der Waals surface area contributed by atoms with E-state index in [0.29, 0.717) is 12.3 Å². The van der Waals surface area contributed by atoms with Crippen molar-refractivity contribution in [1.82, 2.24) is 10.5 Å². The first-order valence-electron chi connectivity index (χ1n) is 6.39. The Balaban J connectivity index is 1.83. The molecule has 1 aromatic heterocycles. The van der Waals surface area contributed by atoms with Crippen molar-refractivity contribution in [1.29, 1.82) is 0 Å². The molecule has 0 aliphatic carbocycles. The summed E-state index contributed by atoms with van der Waals surface area (Å²) in [4.78, 5) is 11.8. The molecule has 102 valence electrons. The molecule has 4 nitrogen and oxygen atoms in total. The van der Waals surface area contributed by atoms with Gasteiger partial charge in [-0.2, -0.15) is 0 Å². The lowest BCUT2D eigenvalue weighted by Gasteiger charge is -2.00. The molecule has 0 saturated heterocycles. The first kappa shape index (κ1) is 13.9. The van der Waals surface area contributed by atoms with Crippen LogP contribution in [0, 0.1) is 25.7 Å². The number of aryl methyl sites for hydroxylation is 2. The van der Waals surface area contributed by atoms with E-state index in [4.69, 9.17) is 4.52 Å². The maximum Gasteiger partial charge on any atom is 0.225 e. The summed E-state index contributed by atoms with van der Waals surface area (Å²) in [5.41, 5.74) is 2.54. The van der Waals surface area contributed by atoms with Crippen LogP contribution in [0.2, 0.25) is 0 Å². The summed E-state index contributed by atoms with van der Waals surface area (Å²) in [5.74, 6) is 6.51. The second-order valence-electron chi connectivity index (χ2n) is 4.42. The van der Waals surface area contributed by atoms with Gasteiger partial charge in [0.15, 0.2) is 0 Å². The number of hydrogen-bond acceptors (Lipinski definition) is 3. The second-order valence-corrected chi connectivity index (χ2v) is 4.42. The van der Waals surface area contributed by atoms with Crippen LogP contribution in [0.25, 0.3) is 0 Å². The van der Waals surface area contributed by atoms with Crippen LogP contribution in [0.15, 0.2) is 34.9 Å². The normalized spacial score (nSPS) is 9.70. The Morgan fingerprint density at radius 3 is 2.70 bits per heavy atom. The van der Waals surface area contributed by atoms with Crippen LogP contribution in [0.1, 0.15) is 22.6 Å². The average molecular weight is 268 g/mol. The van der Waals surface area contributed by atoms with Gasteiger partial charge < -0.3 is 9.84 Å². The highest BCUT2D eigenvalue weighted by atomic mass is 16.5. The van der Waals surface area contributed by atoms with E-state index in [9.17, 15) is 4.79 Å². The third-order valence-corrected chi connectivity index (χ3v) is 2.90. The van der Waals surface area contributed by atoms with Crippen molar-refractivity contribution >= 4 is 5.91 Å². The maximum absolute atomic E-state index is 11.8. The van der Waals surface area contributed by atoms with E-state index < -0.39 is 0 Å². The Labute approximate surface area is 118 Å². The molecule has 20 heavy (non-hydrogen) atoms. The minimum atomic E-state index is -0.0817. The van der Waals surface area contributed by atoms with Crippen LogP contribution in [-0.4, -0.2) is 17.6 Å². The fourth-order valence-corrected chi connectivity index (χ4v) is 1.79. The molecule has 0 fully saturated rings. The highest BCUT2D eigenvalue weighted by molar-refractivity contribution is 5.79. The number of nitrogens with one attached hydrogen (secondary N) is 1. The molecule has 0 aliphatic heterocycles. The Morgan fingerprint density at radius 2 is 2.05 bits per heavy atom. The SMILES string of the molecule is Cc1noc(C)c1CC(=O)NCC#Cc1ccccc1. The monoisotopic (exact) mass is 268 g/mol. The van der Waals surface area contributed by atoms with Crippen LogP contribution in [0.4, 0.5) is 0 Å². The third kappa shape index (κ3) is 3.72. The molecule has 1 aromatic carbocycles. The third-order valence-electron chi connectivity index (χ3n) is 2.90. The molecule has 2 aromatic rings. The van der Waals surface area contributed by atoms with Gasteiger partial charge in [-0.15, -0.1) is 0 Å². The molecule has 4 heteroatoms. The molecular formula is C16H16N2O2. The van der Waals surface area contributed by atoms with Gasteiger partial charge in [-0.05, 0) is 26.0 Å². The van der Waals surface area contributed by atoms with Gasteiger partial charge in [-0.3, -0.25) is 4.79 Å². The Bertz CT molecular complexity index is 629. The summed E-state index contributed by atoms with van der Waals surface area (Å²) >= 11 is 0. The molecule has 0 spiro atoms. The first-order valence-corrected chi connectivity index (χ1v) is 6.39. The molecule has 0 atom stereocenters.